The first-order chi connectivity index (χ1) is 13.6. The van der Waals surface area contributed by atoms with Crippen LogP contribution in [0.2, 0.25) is 0 Å². The van der Waals surface area contributed by atoms with Crippen LogP contribution in [0.3, 0.4) is 0 Å². The molecule has 0 saturated carbocycles. The molecule has 30 heavy (non-hydrogen) atoms. The van der Waals surface area contributed by atoms with Crippen LogP contribution < -0.4 is 40.6 Å². The summed E-state index contributed by atoms with van der Waals surface area (Å²) in [6, 6.07) is -1.37. The zero-order chi connectivity index (χ0) is 21.3. The normalized spacial score (nSPS) is 19.1. The van der Waals surface area contributed by atoms with Crippen molar-refractivity contribution in [2.45, 2.75) is 16.6 Å². The number of thioether (sulfide) groups is 1. The number of amides is 2. The maximum absolute atomic E-state index is 12.6. The summed E-state index contributed by atoms with van der Waals surface area (Å²) < 4.78 is 35.6. The van der Waals surface area contributed by atoms with Gasteiger partial charge < -0.3 is 20.4 Å². The molecule has 156 valence electrons. The van der Waals surface area contributed by atoms with Crippen LogP contribution in [0.4, 0.5) is 5.13 Å². The second kappa shape index (κ2) is 9.54. The van der Waals surface area contributed by atoms with E-state index in [-0.39, 0.29) is 55.6 Å². The van der Waals surface area contributed by atoms with Crippen LogP contribution in [0, 0.1) is 0 Å². The Morgan fingerprint density at radius 2 is 2.20 bits per heavy atom. The van der Waals surface area contributed by atoms with E-state index in [2.05, 4.69) is 35.8 Å². The maximum Gasteiger partial charge on any atom is 1.00 e. The topological polar surface area (TPSA) is 211 Å². The van der Waals surface area contributed by atoms with Crippen molar-refractivity contribution in [3.05, 3.63) is 11.1 Å². The molecular formula is C11H12N9NaO6S3. The second-order valence-corrected chi connectivity index (χ2v) is 8.55. The third-order valence-corrected chi connectivity index (χ3v) is 6.47. The number of aryl methyl sites for hydroxylation is 1. The van der Waals surface area contributed by atoms with E-state index in [1.54, 1.807) is 0 Å². The van der Waals surface area contributed by atoms with Gasteiger partial charge in [-0.2, -0.15) is 0 Å². The van der Waals surface area contributed by atoms with Gasteiger partial charge in [0.25, 0.3) is 11.8 Å². The molecule has 1 fully saturated rings. The van der Waals surface area contributed by atoms with Gasteiger partial charge in [-0.3, -0.25) is 9.59 Å². The number of hydrogen-bond donors (Lipinski definition) is 2. The Morgan fingerprint density at radius 3 is 2.70 bits per heavy atom. The van der Waals surface area contributed by atoms with E-state index in [1.807, 2.05) is 0 Å². The molecule has 0 aliphatic carbocycles. The number of rotatable bonds is 7. The third kappa shape index (κ3) is 4.90. The fourth-order valence-corrected chi connectivity index (χ4v) is 4.97. The maximum atomic E-state index is 12.6. The van der Waals surface area contributed by atoms with Gasteiger partial charge in [-0.15, -0.1) is 16.4 Å². The molecule has 0 radical (unpaired) electrons. The van der Waals surface area contributed by atoms with Gasteiger partial charge in [0.05, 0.1) is 0 Å². The van der Waals surface area contributed by atoms with E-state index in [9.17, 15) is 22.6 Å². The van der Waals surface area contributed by atoms with Crippen molar-refractivity contribution in [1.29, 1.82) is 0 Å². The van der Waals surface area contributed by atoms with Crippen LogP contribution >= 0.6 is 23.1 Å². The Morgan fingerprint density at radius 1 is 1.50 bits per heavy atom. The van der Waals surface area contributed by atoms with Crippen molar-refractivity contribution < 1.29 is 57.0 Å². The summed E-state index contributed by atoms with van der Waals surface area (Å²) >= 11 is 1.76. The summed E-state index contributed by atoms with van der Waals surface area (Å²) in [6.45, 7) is 0. The number of thiazole rings is 1. The standard InChI is InChI=1S/C11H13N9O6S3.Na/c1-19-11(15-17-18-19)28-9-6(8(22)20(9)29(23,24)25)14-7(21)5(16-26-2)4-3-27-10(12)13-4;/h3,6,9H,1-2H3,(H2,12,13)(H,14,21)(H,23,24,25);/q;+1/p-1/t6-,9-;/m1./s1. The van der Waals surface area contributed by atoms with E-state index in [0.717, 1.165) is 11.3 Å². The molecule has 15 nitrogen and oxygen atoms in total. The molecule has 0 bridgehead atoms. The van der Waals surface area contributed by atoms with Crippen LogP contribution in [-0.4, -0.2) is 78.5 Å². The van der Waals surface area contributed by atoms with Crippen LogP contribution in [-0.2, 0) is 31.8 Å². The Labute approximate surface area is 199 Å². The summed E-state index contributed by atoms with van der Waals surface area (Å²) in [5, 5.41) is 17.0. The first kappa shape index (κ1) is 24.4. The first-order valence-electron chi connectivity index (χ1n) is 7.45. The Balaban J connectivity index is 0.00000320. The predicted molar refractivity (Wildman–Crippen MR) is 97.0 cm³/mol. The molecule has 3 heterocycles. The summed E-state index contributed by atoms with van der Waals surface area (Å²) in [6.07, 6.45) is 0. The van der Waals surface area contributed by atoms with E-state index in [1.165, 1.54) is 24.2 Å². The summed E-state index contributed by atoms with van der Waals surface area (Å²) in [5.74, 6) is -2.00. The molecule has 1 aliphatic heterocycles. The molecular weight excluding hydrogens is 473 g/mol. The fourth-order valence-electron chi connectivity index (χ4n) is 2.25. The minimum atomic E-state index is -5.13. The van der Waals surface area contributed by atoms with Crippen LogP contribution in [0.5, 0.6) is 0 Å². The molecule has 1 aliphatic rings. The summed E-state index contributed by atoms with van der Waals surface area (Å²) in [5.41, 5.74) is 5.34. The number of aromatic nitrogens is 5. The minimum Gasteiger partial charge on any atom is -0.731 e. The monoisotopic (exact) mass is 485 g/mol. The molecule has 1 saturated heterocycles. The van der Waals surface area contributed by atoms with Crippen molar-refractivity contribution in [2.24, 2.45) is 12.2 Å². The van der Waals surface area contributed by atoms with Crippen LogP contribution in [0.25, 0.3) is 0 Å². The molecule has 2 aromatic heterocycles. The molecule has 3 rings (SSSR count). The van der Waals surface area contributed by atoms with Crippen LogP contribution in [0.15, 0.2) is 15.7 Å². The van der Waals surface area contributed by atoms with Crippen molar-refractivity contribution >= 4 is 56.1 Å². The predicted octanol–water partition coefficient (Wildman–Crippen LogP) is -5.49. The molecule has 0 aromatic carbocycles. The van der Waals surface area contributed by atoms with Gasteiger partial charge in [0.15, 0.2) is 21.1 Å². The fraction of sp³-hybridized carbons (Fsp3) is 0.364. The van der Waals surface area contributed by atoms with Crippen molar-refractivity contribution in [3.8, 4) is 0 Å². The number of nitrogens with zero attached hydrogens (tertiary/aromatic N) is 7. The smallest absolute Gasteiger partial charge is 0.731 e. The summed E-state index contributed by atoms with van der Waals surface area (Å²) in [4.78, 5) is 33.4. The average Bonchev–Trinajstić information content (AvgIpc) is 3.24. The van der Waals surface area contributed by atoms with Gasteiger partial charge in [-0.05, 0) is 10.4 Å². The number of hydrogen-bond acceptors (Lipinski definition) is 14. The largest absolute Gasteiger partial charge is 1.00 e. The summed E-state index contributed by atoms with van der Waals surface area (Å²) in [7, 11) is -2.45. The van der Waals surface area contributed by atoms with Crippen LogP contribution in [0.1, 0.15) is 5.69 Å². The van der Waals surface area contributed by atoms with Gasteiger partial charge in [0, 0.05) is 12.4 Å². The Kier molecular flexibility index (Phi) is 7.77. The molecule has 19 heteroatoms. The number of anilines is 1. The quantitative estimate of drug-likeness (QED) is 0.124. The molecule has 2 amide bonds. The van der Waals surface area contributed by atoms with Gasteiger partial charge in [0.2, 0.25) is 5.16 Å². The van der Waals surface area contributed by atoms with Crippen molar-refractivity contribution in [1.82, 2.24) is 34.8 Å². The SMILES string of the molecule is CON=C(C(=O)N[C@@H]1C(=O)N(S(=O)(=O)[O-])[C@@H]1Sc1nnnn1C)c1csc(N)n1.[Na+]. The van der Waals surface area contributed by atoms with Crippen molar-refractivity contribution in [3.63, 3.8) is 0 Å². The second-order valence-electron chi connectivity index (χ2n) is 5.33. The van der Waals surface area contributed by atoms with Gasteiger partial charge in [0.1, 0.15) is 24.2 Å². The van der Waals surface area contributed by atoms with Gasteiger partial charge in [-0.25, -0.2) is 22.4 Å². The number of carbonyl (C=O) groups is 2. The zero-order valence-corrected chi connectivity index (χ0v) is 20.1. The number of β-lactam (4-membered cyclic amide) rings is 1. The van der Waals surface area contributed by atoms with Crippen molar-refractivity contribution in [2.75, 3.05) is 12.8 Å². The third-order valence-electron chi connectivity index (χ3n) is 3.50. The molecule has 2 atom stereocenters. The van der Waals surface area contributed by atoms with E-state index >= 15 is 0 Å². The number of nitrogens with two attached hydrogens (primary N) is 1. The van der Waals surface area contributed by atoms with E-state index in [0.29, 0.717) is 11.8 Å². The molecule has 0 spiro atoms. The minimum absolute atomic E-state index is 0. The number of nitrogens with one attached hydrogen (secondary N) is 1. The molecule has 0 unspecified atom stereocenters. The van der Waals surface area contributed by atoms with E-state index in [4.69, 9.17) is 5.73 Å². The van der Waals surface area contributed by atoms with Gasteiger partial charge >= 0.3 is 29.6 Å². The number of carbonyl (C=O) groups excluding carboxylic acids is 2. The Bertz CT molecular complexity index is 1090. The van der Waals surface area contributed by atoms with E-state index < -0.39 is 33.5 Å². The first-order valence-corrected chi connectivity index (χ1v) is 10.6. The Hall–Kier alpha value is -1.83. The zero-order valence-electron chi connectivity index (χ0n) is 15.6. The number of nitrogen functional groups attached to an aromatic ring is 1. The number of oxime groups is 1. The molecule has 3 N–H and O–H groups in total. The van der Waals surface area contributed by atoms with Gasteiger partial charge in [-0.1, -0.05) is 16.9 Å². The number of tetrazole rings is 1. The molecule has 2 aromatic rings. The average molecular weight is 485 g/mol.